The molecule has 2 heteroatoms. The van der Waals surface area contributed by atoms with E-state index in [-0.39, 0.29) is 5.41 Å². The second-order valence-corrected chi connectivity index (χ2v) is 5.48. The van der Waals surface area contributed by atoms with E-state index in [0.717, 1.165) is 17.4 Å². The molecule has 0 heterocycles. The molecule has 1 atom stereocenters. The summed E-state index contributed by atoms with van der Waals surface area (Å²) in [5.74, 6) is 0. The Kier molecular flexibility index (Phi) is 4.81. The van der Waals surface area contributed by atoms with Crippen LogP contribution in [0.1, 0.15) is 32.3 Å². The van der Waals surface area contributed by atoms with Gasteiger partial charge in [-0.2, -0.15) is 0 Å². The van der Waals surface area contributed by atoms with Crippen molar-refractivity contribution in [3.8, 4) is 0 Å². The van der Waals surface area contributed by atoms with Crippen molar-refractivity contribution in [2.24, 2.45) is 11.1 Å². The third-order valence-electron chi connectivity index (χ3n) is 2.89. The van der Waals surface area contributed by atoms with Crippen LogP contribution in [0.3, 0.4) is 0 Å². The Morgan fingerprint density at radius 3 is 2.33 bits per heavy atom. The Bertz CT molecular complexity index is 294. The first-order valence-electron chi connectivity index (χ1n) is 5.54. The SMILES string of the molecule is CCCC(C)(CN)Cc1ccc(Br)cc1. The van der Waals surface area contributed by atoms with E-state index in [9.17, 15) is 0 Å². The monoisotopic (exact) mass is 269 g/mol. The lowest BCUT2D eigenvalue weighted by Crippen LogP contribution is -2.29. The van der Waals surface area contributed by atoms with Crippen LogP contribution in [-0.4, -0.2) is 6.54 Å². The number of rotatable bonds is 5. The summed E-state index contributed by atoms with van der Waals surface area (Å²) in [6, 6.07) is 8.54. The largest absolute Gasteiger partial charge is 0.330 e. The van der Waals surface area contributed by atoms with E-state index in [1.54, 1.807) is 0 Å². The van der Waals surface area contributed by atoms with Crippen LogP contribution in [0.5, 0.6) is 0 Å². The fourth-order valence-electron chi connectivity index (χ4n) is 1.96. The van der Waals surface area contributed by atoms with Crippen molar-refractivity contribution in [2.75, 3.05) is 6.54 Å². The minimum atomic E-state index is 0.253. The lowest BCUT2D eigenvalue weighted by Gasteiger charge is -2.27. The standard InChI is InChI=1S/C13H20BrN/c1-3-8-13(2,10-15)9-11-4-6-12(14)7-5-11/h4-7H,3,8-10,15H2,1-2H3. The van der Waals surface area contributed by atoms with Gasteiger partial charge in [-0.1, -0.05) is 48.3 Å². The second-order valence-electron chi connectivity index (χ2n) is 4.57. The molecule has 0 saturated heterocycles. The van der Waals surface area contributed by atoms with E-state index in [1.165, 1.54) is 18.4 Å². The van der Waals surface area contributed by atoms with Gasteiger partial charge in [-0.05, 0) is 42.5 Å². The van der Waals surface area contributed by atoms with Crippen molar-refractivity contribution in [2.45, 2.75) is 33.1 Å². The zero-order valence-electron chi connectivity index (χ0n) is 9.59. The molecule has 0 aliphatic rings. The van der Waals surface area contributed by atoms with E-state index >= 15 is 0 Å². The van der Waals surface area contributed by atoms with Gasteiger partial charge in [0.15, 0.2) is 0 Å². The summed E-state index contributed by atoms with van der Waals surface area (Å²) in [4.78, 5) is 0. The normalized spacial score (nSPS) is 14.9. The Morgan fingerprint density at radius 2 is 1.87 bits per heavy atom. The van der Waals surface area contributed by atoms with Crippen molar-refractivity contribution >= 4 is 15.9 Å². The average Bonchev–Trinajstić information content (AvgIpc) is 2.22. The predicted octanol–water partition coefficient (Wildman–Crippen LogP) is 3.76. The Morgan fingerprint density at radius 1 is 1.27 bits per heavy atom. The Balaban J connectivity index is 2.70. The highest BCUT2D eigenvalue weighted by atomic mass is 79.9. The first kappa shape index (κ1) is 12.7. The van der Waals surface area contributed by atoms with Gasteiger partial charge in [0.25, 0.3) is 0 Å². The van der Waals surface area contributed by atoms with Crippen LogP contribution in [0, 0.1) is 5.41 Å². The minimum absolute atomic E-state index is 0.253. The molecule has 0 amide bonds. The van der Waals surface area contributed by atoms with Crippen LogP contribution in [0.4, 0.5) is 0 Å². The summed E-state index contributed by atoms with van der Waals surface area (Å²) in [5.41, 5.74) is 7.49. The molecular formula is C13H20BrN. The zero-order chi connectivity index (χ0) is 11.3. The van der Waals surface area contributed by atoms with E-state index in [1.807, 2.05) is 0 Å². The maximum atomic E-state index is 5.86. The molecule has 1 unspecified atom stereocenters. The van der Waals surface area contributed by atoms with Crippen LogP contribution in [-0.2, 0) is 6.42 Å². The zero-order valence-corrected chi connectivity index (χ0v) is 11.2. The number of hydrogen-bond donors (Lipinski definition) is 1. The van der Waals surface area contributed by atoms with Crippen LogP contribution in [0.2, 0.25) is 0 Å². The molecule has 1 nitrogen and oxygen atoms in total. The maximum Gasteiger partial charge on any atom is 0.0175 e. The van der Waals surface area contributed by atoms with E-state index in [4.69, 9.17) is 5.73 Å². The molecule has 0 spiro atoms. The van der Waals surface area contributed by atoms with E-state index in [0.29, 0.717) is 0 Å². The van der Waals surface area contributed by atoms with Gasteiger partial charge in [-0.15, -0.1) is 0 Å². The van der Waals surface area contributed by atoms with Gasteiger partial charge in [0, 0.05) is 4.47 Å². The number of benzene rings is 1. The summed E-state index contributed by atoms with van der Waals surface area (Å²) < 4.78 is 1.14. The number of nitrogens with two attached hydrogens (primary N) is 1. The van der Waals surface area contributed by atoms with Gasteiger partial charge in [0.2, 0.25) is 0 Å². The number of hydrogen-bond acceptors (Lipinski definition) is 1. The summed E-state index contributed by atoms with van der Waals surface area (Å²) >= 11 is 3.45. The molecule has 0 saturated carbocycles. The highest BCUT2D eigenvalue weighted by molar-refractivity contribution is 9.10. The van der Waals surface area contributed by atoms with Crippen LogP contribution >= 0.6 is 15.9 Å². The first-order valence-corrected chi connectivity index (χ1v) is 6.33. The number of halogens is 1. The predicted molar refractivity (Wildman–Crippen MR) is 69.9 cm³/mol. The summed E-state index contributed by atoms with van der Waals surface area (Å²) in [5, 5.41) is 0. The molecule has 1 aromatic carbocycles. The van der Waals surface area contributed by atoms with Crippen molar-refractivity contribution in [3.63, 3.8) is 0 Å². The van der Waals surface area contributed by atoms with Crippen molar-refractivity contribution in [3.05, 3.63) is 34.3 Å². The fourth-order valence-corrected chi connectivity index (χ4v) is 2.23. The van der Waals surface area contributed by atoms with Gasteiger partial charge in [-0.25, -0.2) is 0 Å². The topological polar surface area (TPSA) is 26.0 Å². The molecule has 1 aromatic rings. The molecular weight excluding hydrogens is 250 g/mol. The second kappa shape index (κ2) is 5.66. The molecule has 0 fully saturated rings. The quantitative estimate of drug-likeness (QED) is 0.866. The van der Waals surface area contributed by atoms with E-state index < -0.39 is 0 Å². The average molecular weight is 270 g/mol. The van der Waals surface area contributed by atoms with Crippen LogP contribution in [0.25, 0.3) is 0 Å². The lowest BCUT2D eigenvalue weighted by atomic mass is 9.80. The summed E-state index contributed by atoms with van der Waals surface area (Å²) in [7, 11) is 0. The molecule has 0 radical (unpaired) electrons. The highest BCUT2D eigenvalue weighted by Gasteiger charge is 2.21. The Hall–Kier alpha value is -0.340. The smallest absolute Gasteiger partial charge is 0.0175 e. The van der Waals surface area contributed by atoms with Gasteiger partial charge >= 0.3 is 0 Å². The van der Waals surface area contributed by atoms with Crippen molar-refractivity contribution in [1.29, 1.82) is 0 Å². The fraction of sp³-hybridized carbons (Fsp3) is 0.538. The third-order valence-corrected chi connectivity index (χ3v) is 3.42. The molecule has 0 aromatic heterocycles. The van der Waals surface area contributed by atoms with Gasteiger partial charge in [0.1, 0.15) is 0 Å². The van der Waals surface area contributed by atoms with Gasteiger partial charge < -0.3 is 5.73 Å². The molecule has 2 N–H and O–H groups in total. The molecule has 84 valence electrons. The molecule has 15 heavy (non-hydrogen) atoms. The van der Waals surface area contributed by atoms with Crippen molar-refractivity contribution in [1.82, 2.24) is 0 Å². The maximum absolute atomic E-state index is 5.86. The van der Waals surface area contributed by atoms with Crippen LogP contribution in [0.15, 0.2) is 28.7 Å². The van der Waals surface area contributed by atoms with Crippen molar-refractivity contribution < 1.29 is 0 Å². The molecule has 0 aliphatic heterocycles. The molecule has 0 aliphatic carbocycles. The summed E-state index contributed by atoms with van der Waals surface area (Å²) in [6.45, 7) is 5.25. The lowest BCUT2D eigenvalue weighted by molar-refractivity contribution is 0.302. The summed E-state index contributed by atoms with van der Waals surface area (Å²) in [6.07, 6.45) is 3.47. The third kappa shape index (κ3) is 3.96. The highest BCUT2D eigenvalue weighted by Crippen LogP contribution is 2.27. The van der Waals surface area contributed by atoms with Gasteiger partial charge in [-0.3, -0.25) is 0 Å². The molecule has 1 rings (SSSR count). The minimum Gasteiger partial charge on any atom is -0.330 e. The van der Waals surface area contributed by atoms with Crippen LogP contribution < -0.4 is 5.73 Å². The van der Waals surface area contributed by atoms with Gasteiger partial charge in [0.05, 0.1) is 0 Å². The Labute approximate surface area is 101 Å². The first-order chi connectivity index (χ1) is 7.09. The molecule has 0 bridgehead atoms. The van der Waals surface area contributed by atoms with E-state index in [2.05, 4.69) is 54.0 Å².